The van der Waals surface area contributed by atoms with E-state index in [9.17, 15) is 12.8 Å². The molecule has 0 amide bonds. The molecule has 0 saturated carbocycles. The minimum atomic E-state index is -3.75. The van der Waals surface area contributed by atoms with Crippen molar-refractivity contribution >= 4 is 10.0 Å². The van der Waals surface area contributed by atoms with Gasteiger partial charge in [-0.3, -0.25) is 0 Å². The van der Waals surface area contributed by atoms with E-state index in [1.165, 1.54) is 18.2 Å². The van der Waals surface area contributed by atoms with Crippen LogP contribution in [0.1, 0.15) is 19.4 Å². The monoisotopic (exact) mass is 380 g/mol. The Labute approximate surface area is 154 Å². The molecule has 0 aliphatic carbocycles. The quantitative estimate of drug-likeness (QED) is 0.688. The van der Waals surface area contributed by atoms with Crippen LogP contribution in [0.15, 0.2) is 53.4 Å². The average molecular weight is 380 g/mol. The molecular weight excluding hydrogens is 355 g/mol. The van der Waals surface area contributed by atoms with Gasteiger partial charge in [0.2, 0.25) is 10.0 Å². The number of hydrogen-bond acceptors (Lipinski definition) is 4. The van der Waals surface area contributed by atoms with Gasteiger partial charge < -0.3 is 9.64 Å². The Morgan fingerprint density at radius 2 is 1.77 bits per heavy atom. The topological polar surface area (TPSA) is 58.6 Å². The molecule has 26 heavy (non-hydrogen) atoms. The van der Waals surface area contributed by atoms with E-state index >= 15 is 0 Å². The van der Waals surface area contributed by atoms with Crippen molar-refractivity contribution in [2.75, 3.05) is 26.2 Å². The van der Waals surface area contributed by atoms with Crippen LogP contribution >= 0.6 is 0 Å². The van der Waals surface area contributed by atoms with E-state index in [0.29, 0.717) is 6.61 Å². The Hall–Kier alpha value is -1.96. The summed E-state index contributed by atoms with van der Waals surface area (Å²) in [7, 11) is -3.75. The fourth-order valence-corrected chi connectivity index (χ4v) is 3.48. The maximum atomic E-state index is 13.2. The summed E-state index contributed by atoms with van der Waals surface area (Å²) >= 11 is 0. The average Bonchev–Trinajstić information content (AvgIpc) is 2.65. The zero-order chi connectivity index (χ0) is 19.0. The second-order valence-electron chi connectivity index (χ2n) is 5.80. The third-order valence-corrected chi connectivity index (χ3v) is 5.47. The lowest BCUT2D eigenvalue weighted by Crippen LogP contribution is -2.27. The van der Waals surface area contributed by atoms with E-state index < -0.39 is 15.8 Å². The van der Waals surface area contributed by atoms with Crippen molar-refractivity contribution in [3.8, 4) is 5.75 Å². The minimum Gasteiger partial charge on any atom is -0.492 e. The highest BCUT2D eigenvalue weighted by Gasteiger charge is 2.14. The normalized spacial score (nSPS) is 11.7. The molecule has 0 unspecified atom stereocenters. The van der Waals surface area contributed by atoms with Gasteiger partial charge in [0, 0.05) is 13.1 Å². The highest BCUT2D eigenvalue weighted by atomic mass is 32.2. The number of nitrogens with one attached hydrogen (secondary N) is 1. The Balaban J connectivity index is 1.87. The lowest BCUT2D eigenvalue weighted by atomic mass is 10.2. The van der Waals surface area contributed by atoms with Crippen molar-refractivity contribution < 1.29 is 17.5 Å². The number of nitrogens with zero attached hydrogens (tertiary/aromatic N) is 1. The molecule has 2 rings (SSSR count). The van der Waals surface area contributed by atoms with Crippen LogP contribution in [0.5, 0.6) is 5.75 Å². The predicted molar refractivity (Wildman–Crippen MR) is 100 cm³/mol. The smallest absolute Gasteiger partial charge is 0.240 e. The Kier molecular flexibility index (Phi) is 7.56. The van der Waals surface area contributed by atoms with Gasteiger partial charge in [-0.25, -0.2) is 17.5 Å². The van der Waals surface area contributed by atoms with Crippen molar-refractivity contribution in [2.45, 2.75) is 25.3 Å². The van der Waals surface area contributed by atoms with E-state index in [1.807, 2.05) is 12.1 Å². The zero-order valence-electron chi connectivity index (χ0n) is 15.1. The van der Waals surface area contributed by atoms with Crippen molar-refractivity contribution in [2.24, 2.45) is 0 Å². The summed E-state index contributed by atoms with van der Waals surface area (Å²) in [6, 6.07) is 12.2. The Morgan fingerprint density at radius 3 is 2.38 bits per heavy atom. The van der Waals surface area contributed by atoms with Crippen LogP contribution in [0.4, 0.5) is 4.39 Å². The Bertz CT molecular complexity index is 791. The molecule has 0 aliphatic rings. The standard InChI is InChI=1S/C19H25FN2O3S/c1-3-22(4-2)12-13-25-18-10-8-16(9-11-18)15-21-26(23,24)19-7-5-6-17(20)14-19/h5-11,14,21H,3-4,12-13,15H2,1-2H3. The molecule has 0 bridgehead atoms. The molecular formula is C19H25FN2O3S. The van der Waals surface area contributed by atoms with Gasteiger partial charge in [-0.15, -0.1) is 0 Å². The van der Waals surface area contributed by atoms with Crippen LogP contribution in [0.3, 0.4) is 0 Å². The second kappa shape index (κ2) is 9.66. The van der Waals surface area contributed by atoms with Crippen molar-refractivity contribution in [1.29, 1.82) is 0 Å². The first kappa shape index (κ1) is 20.4. The number of rotatable bonds is 10. The summed E-state index contributed by atoms with van der Waals surface area (Å²) in [5.41, 5.74) is 0.793. The van der Waals surface area contributed by atoms with Gasteiger partial charge in [-0.05, 0) is 49.0 Å². The van der Waals surface area contributed by atoms with E-state index in [0.717, 1.165) is 37.0 Å². The molecule has 0 heterocycles. The molecule has 7 heteroatoms. The fourth-order valence-electron chi connectivity index (χ4n) is 2.43. The number of halogens is 1. The first-order valence-corrected chi connectivity index (χ1v) is 10.1. The predicted octanol–water partition coefficient (Wildman–Crippen LogP) is 3.02. The van der Waals surface area contributed by atoms with Gasteiger partial charge >= 0.3 is 0 Å². The molecule has 0 saturated heterocycles. The third-order valence-electron chi connectivity index (χ3n) is 4.07. The number of hydrogen-bond donors (Lipinski definition) is 1. The fraction of sp³-hybridized carbons (Fsp3) is 0.368. The van der Waals surface area contributed by atoms with E-state index in [2.05, 4.69) is 23.5 Å². The van der Waals surface area contributed by atoms with Crippen LogP contribution in [-0.4, -0.2) is 39.6 Å². The van der Waals surface area contributed by atoms with E-state index in [1.54, 1.807) is 12.1 Å². The maximum absolute atomic E-state index is 13.2. The van der Waals surface area contributed by atoms with Gasteiger partial charge in [-0.1, -0.05) is 32.0 Å². The third kappa shape index (κ3) is 6.09. The Morgan fingerprint density at radius 1 is 1.08 bits per heavy atom. The zero-order valence-corrected chi connectivity index (χ0v) is 15.9. The summed E-state index contributed by atoms with van der Waals surface area (Å²) in [5.74, 6) is 0.160. The summed E-state index contributed by atoms with van der Waals surface area (Å²) < 4.78 is 45.7. The maximum Gasteiger partial charge on any atom is 0.240 e. The SMILES string of the molecule is CCN(CC)CCOc1ccc(CNS(=O)(=O)c2cccc(F)c2)cc1. The van der Waals surface area contributed by atoms with Crippen LogP contribution < -0.4 is 9.46 Å². The van der Waals surface area contributed by atoms with Gasteiger partial charge in [0.05, 0.1) is 4.90 Å². The molecule has 0 spiro atoms. The largest absolute Gasteiger partial charge is 0.492 e. The summed E-state index contributed by atoms with van der Waals surface area (Å²) in [4.78, 5) is 2.18. The van der Waals surface area contributed by atoms with Crippen molar-refractivity contribution in [1.82, 2.24) is 9.62 Å². The molecule has 0 aliphatic heterocycles. The first-order valence-electron chi connectivity index (χ1n) is 8.64. The van der Waals surface area contributed by atoms with Gasteiger partial charge in [0.1, 0.15) is 18.2 Å². The molecule has 2 aromatic carbocycles. The van der Waals surface area contributed by atoms with Gasteiger partial charge in [0.15, 0.2) is 0 Å². The molecule has 0 fully saturated rings. The number of likely N-dealkylation sites (N-methyl/N-ethyl adjacent to an activating group) is 1. The van der Waals surface area contributed by atoms with Crippen LogP contribution in [0.25, 0.3) is 0 Å². The molecule has 1 N–H and O–H groups in total. The summed E-state index contributed by atoms with van der Waals surface area (Å²) in [6.07, 6.45) is 0. The van der Waals surface area contributed by atoms with Gasteiger partial charge in [0.25, 0.3) is 0 Å². The number of ether oxygens (including phenoxy) is 1. The first-order chi connectivity index (χ1) is 12.4. The highest BCUT2D eigenvalue weighted by Crippen LogP contribution is 2.14. The highest BCUT2D eigenvalue weighted by molar-refractivity contribution is 7.89. The lowest BCUT2D eigenvalue weighted by molar-refractivity contribution is 0.223. The lowest BCUT2D eigenvalue weighted by Gasteiger charge is -2.18. The van der Waals surface area contributed by atoms with Crippen LogP contribution in [0, 0.1) is 5.82 Å². The van der Waals surface area contributed by atoms with Crippen LogP contribution in [-0.2, 0) is 16.6 Å². The van der Waals surface area contributed by atoms with E-state index in [4.69, 9.17) is 4.74 Å². The molecule has 142 valence electrons. The van der Waals surface area contributed by atoms with Crippen LogP contribution in [0.2, 0.25) is 0 Å². The molecule has 2 aromatic rings. The minimum absolute atomic E-state index is 0.0890. The van der Waals surface area contributed by atoms with E-state index in [-0.39, 0.29) is 11.4 Å². The molecule has 0 radical (unpaired) electrons. The molecule has 0 atom stereocenters. The van der Waals surface area contributed by atoms with Crippen molar-refractivity contribution in [3.63, 3.8) is 0 Å². The van der Waals surface area contributed by atoms with Gasteiger partial charge in [-0.2, -0.15) is 0 Å². The number of sulfonamides is 1. The second-order valence-corrected chi connectivity index (χ2v) is 7.57. The van der Waals surface area contributed by atoms with Crippen molar-refractivity contribution in [3.05, 3.63) is 59.9 Å². The summed E-state index contributed by atoms with van der Waals surface area (Å²) in [5, 5.41) is 0. The number of benzene rings is 2. The summed E-state index contributed by atoms with van der Waals surface area (Å²) in [6.45, 7) is 7.80. The molecule has 5 nitrogen and oxygen atoms in total. The molecule has 0 aromatic heterocycles.